The van der Waals surface area contributed by atoms with Gasteiger partial charge in [-0.1, -0.05) is 11.6 Å². The van der Waals surface area contributed by atoms with Crippen molar-refractivity contribution in [3.05, 3.63) is 74.5 Å². The van der Waals surface area contributed by atoms with Gasteiger partial charge in [-0.25, -0.2) is 4.39 Å². The highest BCUT2D eigenvalue weighted by Crippen LogP contribution is 2.25. The molecule has 1 aliphatic heterocycles. The molecule has 158 valence electrons. The molecule has 1 atom stereocenters. The number of amides is 2. The standard InChI is InChI=1S/C21H21ClFN3O4/c1-24(12-16-11-18(26(29)30)8-9-19(16)22)20(27)15-3-2-10-25(13-15)21(28)14-4-6-17(23)7-5-14/h4-9,11,15H,2-3,10,12-13H2,1H3. The summed E-state index contributed by atoms with van der Waals surface area (Å²) in [5.41, 5.74) is 0.766. The predicted octanol–water partition coefficient (Wildman–Crippen LogP) is 3.90. The first-order valence-corrected chi connectivity index (χ1v) is 9.86. The Morgan fingerprint density at radius 1 is 1.27 bits per heavy atom. The van der Waals surface area contributed by atoms with Crippen LogP contribution in [-0.4, -0.2) is 46.7 Å². The summed E-state index contributed by atoms with van der Waals surface area (Å²) in [6, 6.07) is 9.44. The minimum Gasteiger partial charge on any atom is -0.341 e. The molecule has 9 heteroatoms. The van der Waals surface area contributed by atoms with E-state index in [0.29, 0.717) is 35.5 Å². The number of nitro groups is 1. The molecule has 2 aromatic carbocycles. The normalized spacial score (nSPS) is 16.2. The fourth-order valence-electron chi connectivity index (χ4n) is 3.58. The zero-order chi connectivity index (χ0) is 21.8. The van der Waals surface area contributed by atoms with E-state index in [1.165, 1.54) is 47.4 Å². The van der Waals surface area contributed by atoms with Gasteiger partial charge in [-0.3, -0.25) is 19.7 Å². The second-order valence-electron chi connectivity index (χ2n) is 7.32. The maximum Gasteiger partial charge on any atom is 0.269 e. The molecule has 1 aliphatic rings. The number of carbonyl (C=O) groups excluding carboxylic acids is 2. The summed E-state index contributed by atoms with van der Waals surface area (Å²) in [5, 5.41) is 11.3. The topological polar surface area (TPSA) is 83.8 Å². The number of halogens is 2. The molecule has 0 spiro atoms. The average Bonchev–Trinajstić information content (AvgIpc) is 2.74. The number of hydrogen-bond donors (Lipinski definition) is 0. The zero-order valence-corrected chi connectivity index (χ0v) is 17.1. The molecule has 2 aromatic rings. The summed E-state index contributed by atoms with van der Waals surface area (Å²) < 4.78 is 13.1. The number of likely N-dealkylation sites (tertiary alicyclic amines) is 1. The van der Waals surface area contributed by atoms with Gasteiger partial charge in [-0.2, -0.15) is 0 Å². The van der Waals surface area contributed by atoms with Crippen LogP contribution < -0.4 is 0 Å². The van der Waals surface area contributed by atoms with Gasteiger partial charge in [-0.15, -0.1) is 0 Å². The largest absolute Gasteiger partial charge is 0.341 e. The Labute approximate surface area is 178 Å². The number of hydrogen-bond acceptors (Lipinski definition) is 4. The Balaban J connectivity index is 1.67. The van der Waals surface area contributed by atoms with Gasteiger partial charge in [0.15, 0.2) is 0 Å². The van der Waals surface area contributed by atoms with Crippen LogP contribution >= 0.6 is 11.6 Å². The van der Waals surface area contributed by atoms with Crippen molar-refractivity contribution in [2.75, 3.05) is 20.1 Å². The third-order valence-electron chi connectivity index (χ3n) is 5.17. The van der Waals surface area contributed by atoms with Crippen LogP contribution in [0.5, 0.6) is 0 Å². The number of carbonyl (C=O) groups is 2. The van der Waals surface area contributed by atoms with Gasteiger partial charge < -0.3 is 9.80 Å². The van der Waals surface area contributed by atoms with E-state index >= 15 is 0 Å². The average molecular weight is 434 g/mol. The molecule has 2 amide bonds. The number of rotatable bonds is 5. The van der Waals surface area contributed by atoms with Gasteiger partial charge in [0.2, 0.25) is 5.91 Å². The van der Waals surface area contributed by atoms with E-state index < -0.39 is 10.7 Å². The van der Waals surface area contributed by atoms with Gasteiger partial charge >= 0.3 is 0 Å². The summed E-state index contributed by atoms with van der Waals surface area (Å²) >= 11 is 6.14. The smallest absolute Gasteiger partial charge is 0.269 e. The van der Waals surface area contributed by atoms with E-state index in [2.05, 4.69) is 0 Å². The molecule has 1 saturated heterocycles. The highest BCUT2D eigenvalue weighted by molar-refractivity contribution is 6.31. The van der Waals surface area contributed by atoms with Crippen LogP contribution in [-0.2, 0) is 11.3 Å². The van der Waals surface area contributed by atoms with E-state index in [1.807, 2.05) is 0 Å². The van der Waals surface area contributed by atoms with Crippen LogP contribution in [0.15, 0.2) is 42.5 Å². The SMILES string of the molecule is CN(Cc1cc([N+](=O)[O-])ccc1Cl)C(=O)C1CCCN(C(=O)c2ccc(F)cc2)C1. The third-order valence-corrected chi connectivity index (χ3v) is 5.54. The molecule has 3 rings (SSSR count). The number of nitro benzene ring substituents is 1. The Morgan fingerprint density at radius 3 is 2.63 bits per heavy atom. The minimum absolute atomic E-state index is 0.0935. The molecular weight excluding hydrogens is 413 g/mol. The lowest BCUT2D eigenvalue weighted by Crippen LogP contribution is -2.45. The maximum atomic E-state index is 13.1. The molecule has 1 unspecified atom stereocenters. The van der Waals surface area contributed by atoms with Gasteiger partial charge in [0, 0.05) is 49.4 Å². The monoisotopic (exact) mass is 433 g/mol. The summed E-state index contributed by atoms with van der Waals surface area (Å²) in [6.45, 7) is 0.921. The highest BCUT2D eigenvalue weighted by Gasteiger charge is 2.31. The second-order valence-corrected chi connectivity index (χ2v) is 7.73. The number of non-ortho nitro benzene ring substituents is 1. The molecule has 0 aliphatic carbocycles. The first-order chi connectivity index (χ1) is 14.3. The zero-order valence-electron chi connectivity index (χ0n) is 16.4. The summed E-state index contributed by atoms with van der Waals surface area (Å²) in [6.07, 6.45) is 1.31. The summed E-state index contributed by atoms with van der Waals surface area (Å²) in [7, 11) is 1.61. The minimum atomic E-state index is -0.512. The molecule has 0 saturated carbocycles. The van der Waals surface area contributed by atoms with Gasteiger partial charge in [0.05, 0.1) is 10.8 Å². The van der Waals surface area contributed by atoms with Crippen LogP contribution in [0.2, 0.25) is 5.02 Å². The number of nitrogens with zero attached hydrogens (tertiary/aromatic N) is 3. The van der Waals surface area contributed by atoms with Crippen molar-refractivity contribution in [3.8, 4) is 0 Å². The van der Waals surface area contributed by atoms with Crippen LogP contribution in [0, 0.1) is 21.8 Å². The quantitative estimate of drug-likeness (QED) is 0.528. The molecule has 1 fully saturated rings. The van der Waals surface area contributed by atoms with Crippen LogP contribution in [0.1, 0.15) is 28.8 Å². The number of benzene rings is 2. The molecule has 0 aromatic heterocycles. The summed E-state index contributed by atoms with van der Waals surface area (Å²) in [5.74, 6) is -1.20. The van der Waals surface area contributed by atoms with Crippen LogP contribution in [0.4, 0.5) is 10.1 Å². The van der Waals surface area contributed by atoms with Crippen molar-refractivity contribution in [2.45, 2.75) is 19.4 Å². The van der Waals surface area contributed by atoms with E-state index in [0.717, 1.165) is 0 Å². The lowest BCUT2D eigenvalue weighted by molar-refractivity contribution is -0.384. The first-order valence-electron chi connectivity index (χ1n) is 9.49. The van der Waals surface area contributed by atoms with Crippen molar-refractivity contribution in [1.82, 2.24) is 9.80 Å². The number of piperidine rings is 1. The van der Waals surface area contributed by atoms with E-state index in [4.69, 9.17) is 11.6 Å². The van der Waals surface area contributed by atoms with Crippen LogP contribution in [0.25, 0.3) is 0 Å². The molecule has 0 N–H and O–H groups in total. The summed E-state index contributed by atoms with van der Waals surface area (Å²) in [4.78, 5) is 39.2. The molecule has 1 heterocycles. The maximum absolute atomic E-state index is 13.1. The van der Waals surface area contributed by atoms with Crippen molar-refractivity contribution in [3.63, 3.8) is 0 Å². The highest BCUT2D eigenvalue weighted by atomic mass is 35.5. The molecule has 0 bridgehead atoms. The third kappa shape index (κ3) is 4.94. The fraction of sp³-hybridized carbons (Fsp3) is 0.333. The van der Waals surface area contributed by atoms with Gasteiger partial charge in [0.1, 0.15) is 5.82 Å². The second kappa shape index (κ2) is 9.21. The molecule has 30 heavy (non-hydrogen) atoms. The van der Waals surface area contributed by atoms with Gasteiger partial charge in [0.25, 0.3) is 11.6 Å². The van der Waals surface area contributed by atoms with E-state index in [-0.39, 0.29) is 36.5 Å². The molecule has 7 nitrogen and oxygen atoms in total. The molecule has 0 radical (unpaired) electrons. The predicted molar refractivity (Wildman–Crippen MR) is 110 cm³/mol. The lowest BCUT2D eigenvalue weighted by atomic mass is 9.95. The van der Waals surface area contributed by atoms with Crippen molar-refractivity contribution in [2.24, 2.45) is 5.92 Å². The lowest BCUT2D eigenvalue weighted by Gasteiger charge is -2.34. The van der Waals surface area contributed by atoms with Crippen molar-refractivity contribution >= 4 is 29.1 Å². The fourth-order valence-corrected chi connectivity index (χ4v) is 3.76. The van der Waals surface area contributed by atoms with E-state index in [9.17, 15) is 24.1 Å². The van der Waals surface area contributed by atoms with E-state index in [1.54, 1.807) is 11.9 Å². The Kier molecular flexibility index (Phi) is 6.66. The van der Waals surface area contributed by atoms with Crippen molar-refractivity contribution in [1.29, 1.82) is 0 Å². The molecular formula is C21H21ClFN3O4. The Bertz CT molecular complexity index is 967. The first kappa shape index (κ1) is 21.7. The Hall–Kier alpha value is -3.00. The Morgan fingerprint density at radius 2 is 1.97 bits per heavy atom. The van der Waals surface area contributed by atoms with Crippen LogP contribution in [0.3, 0.4) is 0 Å². The van der Waals surface area contributed by atoms with Gasteiger partial charge in [-0.05, 0) is 48.7 Å². The van der Waals surface area contributed by atoms with Crippen molar-refractivity contribution < 1.29 is 18.9 Å².